The average Bonchev–Trinajstić information content (AvgIpc) is 3.29. The smallest absolute Gasteiger partial charge is 0.241 e. The van der Waals surface area contributed by atoms with Crippen LogP contribution in [0, 0.1) is 11.6 Å². The van der Waals surface area contributed by atoms with Crippen molar-refractivity contribution in [1.82, 2.24) is 19.5 Å². The molecule has 8 nitrogen and oxygen atoms in total. The third kappa shape index (κ3) is 4.63. The van der Waals surface area contributed by atoms with E-state index >= 15 is 0 Å². The van der Waals surface area contributed by atoms with Gasteiger partial charge in [0.2, 0.25) is 10.0 Å². The van der Waals surface area contributed by atoms with E-state index in [1.165, 1.54) is 23.4 Å². The zero-order valence-electron chi connectivity index (χ0n) is 18.5. The predicted molar refractivity (Wildman–Crippen MR) is 124 cm³/mol. The van der Waals surface area contributed by atoms with Gasteiger partial charge >= 0.3 is 0 Å². The summed E-state index contributed by atoms with van der Waals surface area (Å²) in [7, 11) is -0.427. The van der Waals surface area contributed by atoms with E-state index < -0.39 is 33.8 Å². The van der Waals surface area contributed by atoms with E-state index in [9.17, 15) is 22.3 Å². The van der Waals surface area contributed by atoms with Crippen molar-refractivity contribution < 1.29 is 22.3 Å². The molecule has 178 valence electrons. The molecule has 0 saturated heterocycles. The fourth-order valence-corrected chi connectivity index (χ4v) is 5.18. The lowest BCUT2D eigenvalue weighted by atomic mass is 9.93. The van der Waals surface area contributed by atoms with Gasteiger partial charge in [0.1, 0.15) is 29.9 Å². The number of nitrogens with zero attached hydrogens (tertiary/aromatic N) is 4. The van der Waals surface area contributed by atoms with Crippen molar-refractivity contribution in [2.45, 2.75) is 17.0 Å². The highest BCUT2D eigenvalue weighted by Gasteiger charge is 2.35. The standard InChI is InChI=1S/C23H23F2N5O3S/c1-29(2)21-7-3-6-18-17(21)5-4-8-22(18)34(32,33)28-12-23(31,13-30-15-26-14-27-30)19-10-9-16(24)11-20(19)25/h3-11,14-15,28,31H,12-13H2,1-2H3. The Balaban J connectivity index is 1.72. The van der Waals surface area contributed by atoms with Crippen LogP contribution in [0.25, 0.3) is 10.8 Å². The van der Waals surface area contributed by atoms with Crippen LogP contribution in [-0.2, 0) is 22.2 Å². The number of aliphatic hydroxyl groups is 1. The Morgan fingerprint density at radius 1 is 1.09 bits per heavy atom. The number of hydrogen-bond acceptors (Lipinski definition) is 6. The van der Waals surface area contributed by atoms with Gasteiger partial charge in [-0.05, 0) is 18.2 Å². The van der Waals surface area contributed by atoms with Gasteiger partial charge < -0.3 is 10.0 Å². The first-order valence-electron chi connectivity index (χ1n) is 10.3. The van der Waals surface area contributed by atoms with Crippen LogP contribution in [0.3, 0.4) is 0 Å². The van der Waals surface area contributed by atoms with Crippen molar-refractivity contribution in [2.75, 3.05) is 25.5 Å². The SMILES string of the molecule is CN(C)c1cccc2c(S(=O)(=O)NCC(O)(Cn3cncn3)c3ccc(F)cc3F)cccc12. The molecular weight excluding hydrogens is 464 g/mol. The van der Waals surface area contributed by atoms with Crippen molar-refractivity contribution in [1.29, 1.82) is 0 Å². The van der Waals surface area contributed by atoms with Gasteiger partial charge in [-0.25, -0.2) is 31.6 Å². The van der Waals surface area contributed by atoms with Crippen molar-refractivity contribution in [2.24, 2.45) is 0 Å². The second-order valence-corrected chi connectivity index (χ2v) is 9.83. The molecule has 0 saturated carbocycles. The number of hydrogen-bond donors (Lipinski definition) is 2. The average molecular weight is 488 g/mol. The van der Waals surface area contributed by atoms with Gasteiger partial charge in [-0.1, -0.05) is 30.3 Å². The van der Waals surface area contributed by atoms with Crippen LogP contribution >= 0.6 is 0 Å². The molecule has 1 aromatic heterocycles. The van der Waals surface area contributed by atoms with Crippen molar-refractivity contribution in [3.8, 4) is 0 Å². The molecule has 11 heteroatoms. The molecule has 0 bridgehead atoms. The molecule has 3 aromatic carbocycles. The van der Waals surface area contributed by atoms with Gasteiger partial charge in [0.25, 0.3) is 0 Å². The van der Waals surface area contributed by atoms with Crippen molar-refractivity contribution in [3.05, 3.63) is 84.4 Å². The zero-order valence-corrected chi connectivity index (χ0v) is 19.3. The second kappa shape index (κ2) is 9.09. The highest BCUT2D eigenvalue weighted by atomic mass is 32.2. The van der Waals surface area contributed by atoms with Crippen molar-refractivity contribution in [3.63, 3.8) is 0 Å². The molecule has 34 heavy (non-hydrogen) atoms. The Kier molecular flexibility index (Phi) is 6.34. The molecule has 1 unspecified atom stereocenters. The minimum absolute atomic E-state index is 0.0105. The summed E-state index contributed by atoms with van der Waals surface area (Å²) in [6.07, 6.45) is 2.53. The first-order chi connectivity index (χ1) is 16.1. The molecule has 0 radical (unpaired) electrons. The number of benzene rings is 3. The number of sulfonamides is 1. The summed E-state index contributed by atoms with van der Waals surface area (Å²) in [6, 6.07) is 12.9. The summed E-state index contributed by atoms with van der Waals surface area (Å²) < 4.78 is 58.4. The van der Waals surface area contributed by atoms with E-state index in [1.807, 2.05) is 31.1 Å². The van der Waals surface area contributed by atoms with Crippen LogP contribution < -0.4 is 9.62 Å². The van der Waals surface area contributed by atoms with Gasteiger partial charge in [-0.15, -0.1) is 0 Å². The first kappa shape index (κ1) is 23.7. The third-order valence-corrected chi connectivity index (χ3v) is 6.97. The van der Waals surface area contributed by atoms with E-state index in [0.29, 0.717) is 11.5 Å². The van der Waals surface area contributed by atoms with E-state index in [1.54, 1.807) is 18.2 Å². The number of anilines is 1. The second-order valence-electron chi connectivity index (χ2n) is 8.10. The monoisotopic (exact) mass is 487 g/mol. The molecule has 1 atom stereocenters. The van der Waals surface area contributed by atoms with Gasteiger partial charge in [0.05, 0.1) is 11.4 Å². The lowest BCUT2D eigenvalue weighted by molar-refractivity contribution is 0.0169. The maximum Gasteiger partial charge on any atom is 0.241 e. The van der Waals surface area contributed by atoms with Crippen LogP contribution in [0.4, 0.5) is 14.5 Å². The Labute approximate surface area is 195 Å². The van der Waals surface area contributed by atoms with Crippen LogP contribution in [0.15, 0.2) is 72.1 Å². The number of halogens is 2. The van der Waals surface area contributed by atoms with Crippen LogP contribution in [-0.4, -0.2) is 48.9 Å². The minimum atomic E-state index is -4.14. The Morgan fingerprint density at radius 2 is 1.82 bits per heavy atom. The summed E-state index contributed by atoms with van der Waals surface area (Å²) in [6.45, 7) is -0.917. The fraction of sp³-hybridized carbons (Fsp3) is 0.217. The van der Waals surface area contributed by atoms with Gasteiger partial charge in [0, 0.05) is 48.7 Å². The molecule has 0 aliphatic rings. The molecule has 0 spiro atoms. The number of aromatic nitrogens is 3. The summed E-state index contributed by atoms with van der Waals surface area (Å²) in [5.41, 5.74) is -1.52. The molecule has 0 fully saturated rings. The predicted octanol–water partition coefficient (Wildman–Crippen LogP) is 2.64. The minimum Gasteiger partial charge on any atom is -0.382 e. The maximum absolute atomic E-state index is 14.6. The van der Waals surface area contributed by atoms with Crippen LogP contribution in [0.1, 0.15) is 5.56 Å². The maximum atomic E-state index is 14.6. The largest absolute Gasteiger partial charge is 0.382 e. The van der Waals surface area contributed by atoms with Crippen molar-refractivity contribution >= 4 is 26.5 Å². The lowest BCUT2D eigenvalue weighted by Gasteiger charge is -2.29. The highest BCUT2D eigenvalue weighted by molar-refractivity contribution is 7.89. The zero-order chi connectivity index (χ0) is 24.5. The van der Waals surface area contributed by atoms with Crippen LogP contribution in [0.2, 0.25) is 0 Å². The van der Waals surface area contributed by atoms with Gasteiger partial charge in [0.15, 0.2) is 0 Å². The van der Waals surface area contributed by atoms with E-state index in [0.717, 1.165) is 23.2 Å². The highest BCUT2D eigenvalue weighted by Crippen LogP contribution is 2.31. The van der Waals surface area contributed by atoms with Gasteiger partial charge in [-0.3, -0.25) is 0 Å². The lowest BCUT2D eigenvalue weighted by Crippen LogP contribution is -2.44. The Bertz CT molecular complexity index is 1430. The van der Waals surface area contributed by atoms with Gasteiger partial charge in [-0.2, -0.15) is 5.10 Å². The number of rotatable bonds is 8. The summed E-state index contributed by atoms with van der Waals surface area (Å²) in [4.78, 5) is 5.68. The summed E-state index contributed by atoms with van der Waals surface area (Å²) >= 11 is 0. The van der Waals surface area contributed by atoms with E-state index in [-0.39, 0.29) is 17.0 Å². The molecule has 0 aliphatic carbocycles. The first-order valence-corrected chi connectivity index (χ1v) is 11.8. The summed E-state index contributed by atoms with van der Waals surface area (Å²) in [5, 5.41) is 16.5. The third-order valence-electron chi connectivity index (χ3n) is 5.51. The topological polar surface area (TPSA) is 100 Å². The molecule has 1 heterocycles. The quantitative estimate of drug-likeness (QED) is 0.396. The Hall–Kier alpha value is -3.41. The van der Waals surface area contributed by atoms with E-state index in [2.05, 4.69) is 14.8 Å². The summed E-state index contributed by atoms with van der Waals surface area (Å²) in [5.74, 6) is -1.83. The molecular formula is C23H23F2N5O3S. The molecule has 0 aliphatic heterocycles. The molecule has 4 rings (SSSR count). The molecule has 0 amide bonds. The van der Waals surface area contributed by atoms with E-state index in [4.69, 9.17) is 0 Å². The van der Waals surface area contributed by atoms with Crippen LogP contribution in [0.5, 0.6) is 0 Å². The molecule has 4 aromatic rings. The number of nitrogens with one attached hydrogen (secondary N) is 1. The molecule has 2 N–H and O–H groups in total. The Morgan fingerprint density at radius 3 is 2.50 bits per heavy atom. The normalized spacial score (nSPS) is 13.7. The number of fused-ring (bicyclic) bond motifs is 1. The fourth-order valence-electron chi connectivity index (χ4n) is 3.87.